The molecule has 1 saturated heterocycles. The van der Waals surface area contributed by atoms with Crippen LogP contribution in [-0.4, -0.2) is 58.1 Å². The van der Waals surface area contributed by atoms with E-state index in [4.69, 9.17) is 0 Å². The number of nitrogens with zero attached hydrogens (tertiary/aromatic N) is 2. The number of hydrogen-bond acceptors (Lipinski definition) is 4. The van der Waals surface area contributed by atoms with Crippen LogP contribution in [-0.2, 0) is 4.79 Å². The summed E-state index contributed by atoms with van der Waals surface area (Å²) >= 11 is 0. The van der Waals surface area contributed by atoms with E-state index >= 15 is 0 Å². The van der Waals surface area contributed by atoms with Crippen LogP contribution in [0.4, 0.5) is 0 Å². The minimum atomic E-state index is -0.239. The van der Waals surface area contributed by atoms with Crippen molar-refractivity contribution in [3.8, 4) is 11.5 Å². The number of benzene rings is 2. The lowest BCUT2D eigenvalue weighted by atomic mass is 9.87. The summed E-state index contributed by atoms with van der Waals surface area (Å²) in [5, 5.41) is 20.0. The van der Waals surface area contributed by atoms with Crippen LogP contribution >= 0.6 is 0 Å². The molecule has 2 aromatic carbocycles. The van der Waals surface area contributed by atoms with Crippen molar-refractivity contribution >= 4 is 5.91 Å². The Bertz CT molecular complexity index is 822. The molecule has 154 valence electrons. The number of rotatable bonds is 5. The zero-order valence-electron chi connectivity index (χ0n) is 16.8. The van der Waals surface area contributed by atoms with Gasteiger partial charge >= 0.3 is 0 Å². The van der Waals surface area contributed by atoms with Crippen LogP contribution < -0.4 is 0 Å². The van der Waals surface area contributed by atoms with Gasteiger partial charge in [-0.2, -0.15) is 0 Å². The van der Waals surface area contributed by atoms with E-state index in [-0.39, 0.29) is 23.3 Å². The number of carbonyl (C=O) groups is 1. The first kappa shape index (κ1) is 19.8. The van der Waals surface area contributed by atoms with Crippen molar-refractivity contribution in [1.82, 2.24) is 9.80 Å². The standard InChI is InChI=1S/C24H30N2O3/c27-20-11-9-18(10-12-20)22(21-7-3-4-8-23(21)28)17-24(29)26-15-13-25(14-16-26)19-5-1-2-6-19/h3-4,7-12,19,22,27-28H,1-2,5-6,13-17H2/t22-/m1/s1. The predicted molar refractivity (Wildman–Crippen MR) is 113 cm³/mol. The molecular weight excluding hydrogens is 364 g/mol. The molecule has 4 rings (SSSR count). The van der Waals surface area contributed by atoms with E-state index in [2.05, 4.69) is 4.90 Å². The van der Waals surface area contributed by atoms with Crippen molar-refractivity contribution in [1.29, 1.82) is 0 Å². The summed E-state index contributed by atoms with van der Waals surface area (Å²) in [6.07, 6.45) is 5.57. The first-order chi connectivity index (χ1) is 14.1. The van der Waals surface area contributed by atoms with Crippen LogP contribution in [0.25, 0.3) is 0 Å². The minimum absolute atomic E-state index is 0.123. The summed E-state index contributed by atoms with van der Waals surface area (Å²) in [6, 6.07) is 14.8. The van der Waals surface area contributed by atoms with Gasteiger partial charge < -0.3 is 15.1 Å². The van der Waals surface area contributed by atoms with E-state index in [0.717, 1.165) is 37.3 Å². The summed E-state index contributed by atoms with van der Waals surface area (Å²) in [5.74, 6) is 0.276. The fourth-order valence-corrected chi connectivity index (χ4v) is 4.81. The van der Waals surface area contributed by atoms with Crippen LogP contribution in [0.2, 0.25) is 0 Å². The van der Waals surface area contributed by atoms with E-state index in [0.29, 0.717) is 12.5 Å². The van der Waals surface area contributed by atoms with Gasteiger partial charge in [0.1, 0.15) is 11.5 Å². The summed E-state index contributed by atoms with van der Waals surface area (Å²) in [7, 11) is 0. The van der Waals surface area contributed by atoms with Gasteiger partial charge in [-0.1, -0.05) is 43.2 Å². The van der Waals surface area contributed by atoms with Gasteiger partial charge in [0, 0.05) is 50.1 Å². The van der Waals surface area contributed by atoms with Gasteiger partial charge in [0.05, 0.1) is 0 Å². The van der Waals surface area contributed by atoms with Gasteiger partial charge in [-0.15, -0.1) is 0 Å². The van der Waals surface area contributed by atoms with Crippen molar-refractivity contribution < 1.29 is 15.0 Å². The topological polar surface area (TPSA) is 64.0 Å². The van der Waals surface area contributed by atoms with E-state index in [1.165, 1.54) is 25.7 Å². The Kier molecular flexibility index (Phi) is 6.05. The van der Waals surface area contributed by atoms with Crippen LogP contribution in [0.1, 0.15) is 49.1 Å². The lowest BCUT2D eigenvalue weighted by Gasteiger charge is -2.38. The average molecular weight is 395 g/mol. The maximum absolute atomic E-state index is 13.1. The third-order valence-corrected chi connectivity index (χ3v) is 6.49. The van der Waals surface area contributed by atoms with Gasteiger partial charge in [0.25, 0.3) is 0 Å². The third kappa shape index (κ3) is 4.56. The van der Waals surface area contributed by atoms with Gasteiger partial charge in [-0.05, 0) is 36.6 Å². The highest BCUT2D eigenvalue weighted by atomic mass is 16.3. The number of aromatic hydroxyl groups is 2. The highest BCUT2D eigenvalue weighted by Crippen LogP contribution is 2.35. The molecular formula is C24H30N2O3. The molecule has 29 heavy (non-hydrogen) atoms. The van der Waals surface area contributed by atoms with Crippen LogP contribution in [0.3, 0.4) is 0 Å². The Morgan fingerprint density at radius 3 is 2.24 bits per heavy atom. The smallest absolute Gasteiger partial charge is 0.223 e. The average Bonchev–Trinajstić information content (AvgIpc) is 3.28. The molecule has 1 amide bonds. The molecule has 1 aliphatic heterocycles. The number of para-hydroxylation sites is 1. The Hall–Kier alpha value is -2.53. The summed E-state index contributed by atoms with van der Waals surface area (Å²) in [6.45, 7) is 3.46. The van der Waals surface area contributed by atoms with Crippen LogP contribution in [0, 0.1) is 0 Å². The molecule has 0 spiro atoms. The molecule has 1 saturated carbocycles. The van der Waals surface area contributed by atoms with Crippen LogP contribution in [0.5, 0.6) is 11.5 Å². The molecule has 5 heteroatoms. The molecule has 1 aliphatic carbocycles. The molecule has 0 radical (unpaired) electrons. The summed E-state index contributed by atoms with van der Waals surface area (Å²) in [5.41, 5.74) is 1.67. The second-order valence-corrected chi connectivity index (χ2v) is 8.26. The number of phenolic OH excluding ortho intramolecular Hbond substituents is 2. The number of phenols is 2. The summed E-state index contributed by atoms with van der Waals surface area (Å²) in [4.78, 5) is 17.7. The first-order valence-electron chi connectivity index (χ1n) is 10.7. The molecule has 5 nitrogen and oxygen atoms in total. The fourth-order valence-electron chi connectivity index (χ4n) is 4.81. The highest BCUT2D eigenvalue weighted by Gasteiger charge is 2.29. The van der Waals surface area contributed by atoms with Crippen LogP contribution in [0.15, 0.2) is 48.5 Å². The lowest BCUT2D eigenvalue weighted by Crippen LogP contribution is -2.51. The molecule has 1 heterocycles. The number of hydrogen-bond donors (Lipinski definition) is 2. The third-order valence-electron chi connectivity index (χ3n) is 6.49. The molecule has 1 atom stereocenters. The predicted octanol–water partition coefficient (Wildman–Crippen LogP) is 3.71. The molecule has 2 aliphatic rings. The fraction of sp³-hybridized carbons (Fsp3) is 0.458. The van der Waals surface area contributed by atoms with Crippen molar-refractivity contribution in [2.75, 3.05) is 26.2 Å². The maximum atomic E-state index is 13.1. The van der Waals surface area contributed by atoms with E-state index in [1.807, 2.05) is 29.2 Å². The number of carbonyl (C=O) groups excluding carboxylic acids is 1. The monoisotopic (exact) mass is 394 g/mol. The lowest BCUT2D eigenvalue weighted by molar-refractivity contribution is -0.133. The van der Waals surface area contributed by atoms with Crippen molar-refractivity contribution in [2.45, 2.75) is 44.1 Å². The molecule has 0 unspecified atom stereocenters. The van der Waals surface area contributed by atoms with Gasteiger partial charge in [-0.25, -0.2) is 0 Å². The second-order valence-electron chi connectivity index (χ2n) is 8.26. The number of amides is 1. The van der Waals surface area contributed by atoms with E-state index in [9.17, 15) is 15.0 Å². The van der Waals surface area contributed by atoms with E-state index < -0.39 is 0 Å². The largest absolute Gasteiger partial charge is 0.508 e. The number of piperazine rings is 1. The first-order valence-corrected chi connectivity index (χ1v) is 10.7. The SMILES string of the molecule is O=C(C[C@H](c1ccc(O)cc1)c1ccccc1O)N1CCN(C2CCCC2)CC1. The van der Waals surface area contributed by atoms with Gasteiger partial charge in [-0.3, -0.25) is 9.69 Å². The van der Waals surface area contributed by atoms with Crippen molar-refractivity contribution in [3.63, 3.8) is 0 Å². The Morgan fingerprint density at radius 1 is 0.931 bits per heavy atom. The Balaban J connectivity index is 1.47. The zero-order valence-corrected chi connectivity index (χ0v) is 16.8. The maximum Gasteiger partial charge on any atom is 0.223 e. The second kappa shape index (κ2) is 8.87. The Labute approximate surface area is 172 Å². The molecule has 0 aromatic heterocycles. The quantitative estimate of drug-likeness (QED) is 0.812. The molecule has 0 bridgehead atoms. The molecule has 2 N–H and O–H groups in total. The Morgan fingerprint density at radius 2 is 1.59 bits per heavy atom. The van der Waals surface area contributed by atoms with Crippen molar-refractivity contribution in [3.05, 3.63) is 59.7 Å². The normalized spacial score (nSPS) is 19.4. The van der Waals surface area contributed by atoms with Gasteiger partial charge in [0.15, 0.2) is 0 Å². The van der Waals surface area contributed by atoms with E-state index in [1.54, 1.807) is 24.3 Å². The van der Waals surface area contributed by atoms with Crippen molar-refractivity contribution in [2.24, 2.45) is 0 Å². The van der Waals surface area contributed by atoms with Gasteiger partial charge in [0.2, 0.25) is 5.91 Å². The summed E-state index contributed by atoms with van der Waals surface area (Å²) < 4.78 is 0. The molecule has 2 aromatic rings. The zero-order chi connectivity index (χ0) is 20.2. The molecule has 2 fully saturated rings. The minimum Gasteiger partial charge on any atom is -0.508 e. The highest BCUT2D eigenvalue weighted by molar-refractivity contribution is 5.78.